The van der Waals surface area contributed by atoms with Crippen LogP contribution in [0.15, 0.2) is 48.7 Å². The van der Waals surface area contributed by atoms with E-state index >= 15 is 0 Å². The first-order valence-corrected chi connectivity index (χ1v) is 11.1. The molecule has 1 amide bonds. The number of anilines is 1. The number of pyridine rings is 1. The van der Waals surface area contributed by atoms with Gasteiger partial charge < -0.3 is 23.7 Å². The molecular formula is C25H26N2O6. The monoisotopic (exact) mass is 450 g/mol. The predicted octanol–water partition coefficient (Wildman–Crippen LogP) is 4.34. The largest absolute Gasteiger partial charge is 0.497 e. The van der Waals surface area contributed by atoms with Crippen LogP contribution in [0.3, 0.4) is 0 Å². The van der Waals surface area contributed by atoms with Crippen LogP contribution in [0.2, 0.25) is 0 Å². The highest BCUT2D eigenvalue weighted by Crippen LogP contribution is 2.35. The highest BCUT2D eigenvalue weighted by molar-refractivity contribution is 5.90. The summed E-state index contributed by atoms with van der Waals surface area (Å²) in [6.45, 7) is 2.61. The van der Waals surface area contributed by atoms with Crippen LogP contribution < -0.4 is 19.1 Å². The van der Waals surface area contributed by atoms with Crippen molar-refractivity contribution >= 4 is 22.7 Å². The minimum Gasteiger partial charge on any atom is -0.497 e. The molecule has 0 radical (unpaired) electrons. The molecule has 0 unspecified atom stereocenters. The van der Waals surface area contributed by atoms with Crippen molar-refractivity contribution in [1.29, 1.82) is 0 Å². The highest BCUT2D eigenvalue weighted by atomic mass is 16.6. The zero-order valence-corrected chi connectivity index (χ0v) is 18.5. The summed E-state index contributed by atoms with van der Waals surface area (Å²) in [5.74, 6) is 2.15. The summed E-state index contributed by atoms with van der Waals surface area (Å²) >= 11 is 0. The molecule has 2 aliphatic heterocycles. The number of nitrogens with zero attached hydrogens (tertiary/aromatic N) is 2. The lowest BCUT2D eigenvalue weighted by molar-refractivity contribution is 0.0978. The van der Waals surface area contributed by atoms with E-state index in [2.05, 4.69) is 4.98 Å². The maximum Gasteiger partial charge on any atom is 0.414 e. The van der Waals surface area contributed by atoms with Gasteiger partial charge in [-0.2, -0.15) is 0 Å². The predicted molar refractivity (Wildman–Crippen MR) is 122 cm³/mol. The van der Waals surface area contributed by atoms with E-state index in [4.69, 9.17) is 23.7 Å². The van der Waals surface area contributed by atoms with E-state index in [1.807, 2.05) is 42.5 Å². The van der Waals surface area contributed by atoms with Gasteiger partial charge in [0.1, 0.15) is 25.1 Å². The first-order valence-electron chi connectivity index (χ1n) is 11.1. The molecule has 3 aromatic rings. The van der Waals surface area contributed by atoms with Gasteiger partial charge in [-0.1, -0.05) is 0 Å². The molecule has 1 saturated heterocycles. The Morgan fingerprint density at radius 3 is 2.85 bits per heavy atom. The summed E-state index contributed by atoms with van der Waals surface area (Å²) in [5, 5.41) is 1.02. The number of carbonyl (C=O) groups excluding carboxylic acids is 1. The highest BCUT2D eigenvalue weighted by Gasteiger charge is 2.32. The number of ether oxygens (including phenoxy) is 5. The average Bonchev–Trinajstić information content (AvgIpc) is 3.23. The first kappa shape index (κ1) is 21.3. The minimum absolute atomic E-state index is 0.166. The second kappa shape index (κ2) is 9.54. The van der Waals surface area contributed by atoms with E-state index < -0.39 is 0 Å². The molecule has 1 fully saturated rings. The Morgan fingerprint density at radius 1 is 1.09 bits per heavy atom. The molecule has 2 aliphatic rings. The molecule has 1 atom stereocenters. The third-order valence-electron chi connectivity index (χ3n) is 5.82. The van der Waals surface area contributed by atoms with E-state index in [-0.39, 0.29) is 12.2 Å². The Kier molecular flexibility index (Phi) is 6.17. The van der Waals surface area contributed by atoms with Crippen LogP contribution in [0, 0.1) is 0 Å². The summed E-state index contributed by atoms with van der Waals surface area (Å²) in [6, 6.07) is 13.3. The van der Waals surface area contributed by atoms with Crippen molar-refractivity contribution in [3.63, 3.8) is 0 Å². The number of methoxy groups -OCH3 is 1. The normalized spacial score (nSPS) is 17.3. The van der Waals surface area contributed by atoms with Gasteiger partial charge in [0, 0.05) is 24.3 Å². The fraction of sp³-hybridized carbons (Fsp3) is 0.360. The maximum atomic E-state index is 12.4. The maximum absolute atomic E-state index is 12.4. The topological polar surface area (TPSA) is 79.4 Å². The number of benzene rings is 2. The molecule has 3 heterocycles. The molecule has 0 bridgehead atoms. The van der Waals surface area contributed by atoms with E-state index in [1.54, 1.807) is 18.2 Å². The Bertz CT molecular complexity index is 1150. The van der Waals surface area contributed by atoms with Gasteiger partial charge in [0.05, 0.1) is 31.5 Å². The first-order chi connectivity index (χ1) is 16.2. The molecular weight excluding hydrogens is 424 g/mol. The zero-order valence-electron chi connectivity index (χ0n) is 18.5. The number of amides is 1. The Balaban J connectivity index is 1.11. The molecule has 0 aliphatic carbocycles. The summed E-state index contributed by atoms with van der Waals surface area (Å²) in [4.78, 5) is 18.4. The van der Waals surface area contributed by atoms with Crippen molar-refractivity contribution in [3.05, 3.63) is 54.2 Å². The van der Waals surface area contributed by atoms with Crippen molar-refractivity contribution in [3.8, 4) is 17.2 Å². The molecule has 33 heavy (non-hydrogen) atoms. The number of carbonyl (C=O) groups is 1. The van der Waals surface area contributed by atoms with Gasteiger partial charge in [0.15, 0.2) is 11.5 Å². The molecule has 8 nitrogen and oxygen atoms in total. The summed E-state index contributed by atoms with van der Waals surface area (Å²) in [5.41, 5.74) is 2.73. The van der Waals surface area contributed by atoms with Crippen LogP contribution in [0.1, 0.15) is 18.4 Å². The quantitative estimate of drug-likeness (QED) is 0.473. The second-order valence-electron chi connectivity index (χ2n) is 7.99. The zero-order chi connectivity index (χ0) is 22.6. The third kappa shape index (κ3) is 4.66. The number of cyclic esters (lactones) is 1. The molecule has 0 spiro atoms. The summed E-state index contributed by atoms with van der Waals surface area (Å²) in [7, 11) is 1.65. The van der Waals surface area contributed by atoms with Crippen LogP contribution in [0.25, 0.3) is 10.9 Å². The number of hydrogen-bond acceptors (Lipinski definition) is 7. The van der Waals surface area contributed by atoms with Gasteiger partial charge in [-0.25, -0.2) is 4.79 Å². The Labute approximate surface area is 192 Å². The van der Waals surface area contributed by atoms with Crippen molar-refractivity contribution in [1.82, 2.24) is 4.98 Å². The average molecular weight is 450 g/mol. The van der Waals surface area contributed by atoms with E-state index in [9.17, 15) is 4.79 Å². The van der Waals surface area contributed by atoms with E-state index in [0.29, 0.717) is 44.5 Å². The van der Waals surface area contributed by atoms with Gasteiger partial charge in [0.2, 0.25) is 0 Å². The summed E-state index contributed by atoms with van der Waals surface area (Å²) < 4.78 is 28.0. The molecule has 0 N–H and O–H groups in total. The molecule has 5 rings (SSSR count). The van der Waals surface area contributed by atoms with Crippen LogP contribution in [0.4, 0.5) is 10.5 Å². The number of fused-ring (bicyclic) bond motifs is 2. The number of rotatable bonds is 8. The molecule has 0 saturated carbocycles. The van der Waals surface area contributed by atoms with Gasteiger partial charge >= 0.3 is 6.09 Å². The Morgan fingerprint density at radius 2 is 1.97 bits per heavy atom. The fourth-order valence-electron chi connectivity index (χ4n) is 4.11. The number of hydrogen-bond donors (Lipinski definition) is 0. The van der Waals surface area contributed by atoms with Crippen molar-refractivity contribution < 1.29 is 28.5 Å². The van der Waals surface area contributed by atoms with Crippen LogP contribution >= 0.6 is 0 Å². The van der Waals surface area contributed by atoms with Crippen molar-refractivity contribution in [2.24, 2.45) is 0 Å². The lowest BCUT2D eigenvalue weighted by Gasteiger charge is -2.21. The van der Waals surface area contributed by atoms with Crippen molar-refractivity contribution in [2.45, 2.75) is 25.6 Å². The lowest BCUT2D eigenvalue weighted by atomic mass is 10.1. The van der Waals surface area contributed by atoms with Crippen molar-refractivity contribution in [2.75, 3.05) is 38.4 Å². The summed E-state index contributed by atoms with van der Waals surface area (Å²) in [6.07, 6.45) is 2.81. The standard InChI is InChI=1S/C25H26N2O6/c1-29-19-5-6-22-21(14-19)17(8-9-26-22)16-30-10-2-3-20-15-27(25(28)33-20)18-4-7-23-24(13-18)32-12-11-31-23/h4-9,13-14,20H,2-3,10-12,15-16H2,1H3/t20-/m0/s1. The third-order valence-corrected chi connectivity index (χ3v) is 5.82. The van der Waals surface area contributed by atoms with Gasteiger partial charge in [-0.3, -0.25) is 9.88 Å². The van der Waals surface area contributed by atoms with E-state index in [0.717, 1.165) is 40.7 Å². The second-order valence-corrected chi connectivity index (χ2v) is 7.99. The SMILES string of the molecule is COc1ccc2nccc(COCCC[C@H]3CN(c4ccc5c(c4)OCCO5)C(=O)O3)c2c1. The molecule has 2 aromatic carbocycles. The molecule has 1 aromatic heterocycles. The van der Waals surface area contributed by atoms with Crippen LogP contribution in [0.5, 0.6) is 17.2 Å². The lowest BCUT2D eigenvalue weighted by Crippen LogP contribution is -2.25. The Hall–Kier alpha value is -3.52. The van der Waals surface area contributed by atoms with Gasteiger partial charge in [-0.15, -0.1) is 0 Å². The van der Waals surface area contributed by atoms with Crippen LogP contribution in [-0.4, -0.2) is 50.7 Å². The minimum atomic E-state index is -0.338. The molecule has 8 heteroatoms. The van der Waals surface area contributed by atoms with Crippen LogP contribution in [-0.2, 0) is 16.1 Å². The smallest absolute Gasteiger partial charge is 0.414 e. The van der Waals surface area contributed by atoms with Gasteiger partial charge in [-0.05, 0) is 54.8 Å². The van der Waals surface area contributed by atoms with Gasteiger partial charge in [0.25, 0.3) is 0 Å². The number of aromatic nitrogens is 1. The van der Waals surface area contributed by atoms with E-state index in [1.165, 1.54) is 0 Å². The fourth-order valence-corrected chi connectivity index (χ4v) is 4.11. The molecule has 172 valence electrons.